The number of hydrogen-bond donors (Lipinski definition) is 1. The van der Waals surface area contributed by atoms with Crippen molar-refractivity contribution in [2.24, 2.45) is 5.92 Å². The van der Waals surface area contributed by atoms with Crippen molar-refractivity contribution >= 4 is 60.2 Å². The molecule has 1 heterocycles. The molecule has 0 aliphatic carbocycles. The van der Waals surface area contributed by atoms with Crippen LogP contribution in [-0.4, -0.2) is 30.9 Å². The van der Waals surface area contributed by atoms with Crippen molar-refractivity contribution < 1.29 is 13.2 Å². The topological polar surface area (TPSA) is 76.1 Å². The summed E-state index contributed by atoms with van der Waals surface area (Å²) in [4.78, 5) is 15.8. The Balaban J connectivity index is 2.38. The molecular weight excluding hydrogens is 364 g/mol. The molecule has 0 fully saturated rings. The fourth-order valence-electron chi connectivity index (χ4n) is 1.82. The van der Waals surface area contributed by atoms with E-state index in [1.54, 1.807) is 26.0 Å². The molecule has 1 aromatic carbocycles. The largest absolute Gasteiger partial charge is 0.279 e. The van der Waals surface area contributed by atoms with Gasteiger partial charge < -0.3 is 0 Å². The van der Waals surface area contributed by atoms with E-state index in [0.717, 1.165) is 14.6 Å². The van der Waals surface area contributed by atoms with Crippen molar-refractivity contribution in [1.82, 2.24) is 9.71 Å². The number of sulfonamides is 1. The molecule has 0 aliphatic rings. The molecule has 1 atom stereocenters. The Morgan fingerprint density at radius 1 is 1.41 bits per heavy atom. The number of nitrogens with one attached hydrogen (secondary N) is 1. The molecule has 0 aliphatic heterocycles. The summed E-state index contributed by atoms with van der Waals surface area (Å²) in [5.41, 5.74) is 0.752. The Morgan fingerprint density at radius 2 is 2.09 bits per heavy atom. The van der Waals surface area contributed by atoms with Crippen LogP contribution in [0.3, 0.4) is 0 Å². The molecule has 1 aromatic heterocycles. The Morgan fingerprint density at radius 3 is 2.64 bits per heavy atom. The average molecular weight is 379 g/mol. The zero-order chi connectivity index (χ0) is 16.5. The molecule has 0 amide bonds. The quantitative estimate of drug-likeness (QED) is 0.617. The highest BCUT2D eigenvalue weighted by Crippen LogP contribution is 2.29. The Bertz CT molecular complexity index is 802. The van der Waals surface area contributed by atoms with Gasteiger partial charge in [0.2, 0.25) is 15.3 Å². The van der Waals surface area contributed by atoms with Gasteiger partial charge in [0.1, 0.15) is 0 Å². The van der Waals surface area contributed by atoms with Crippen LogP contribution in [0.2, 0.25) is 0 Å². The average Bonchev–Trinajstić information content (AvgIpc) is 2.86. The minimum atomic E-state index is -3.82. The number of hydrogen-bond acceptors (Lipinski definition) is 6. The van der Waals surface area contributed by atoms with Gasteiger partial charge in [-0.1, -0.05) is 25.6 Å². The standard InChI is InChI=1S/C13H15ClN2O3S3/c1-7(2)11(12(14)17)16-22(18,19)8-4-5-9-10(6-8)21-13(15-9)20-3/h4-7,11,16H,1-3H3/t11-/m1/s1. The zero-order valence-corrected chi connectivity index (χ0v) is 15.4. The summed E-state index contributed by atoms with van der Waals surface area (Å²) < 4.78 is 28.9. The predicted molar refractivity (Wildman–Crippen MR) is 91.2 cm³/mol. The van der Waals surface area contributed by atoms with Crippen LogP contribution in [0.1, 0.15) is 13.8 Å². The number of aromatic nitrogens is 1. The van der Waals surface area contributed by atoms with Crippen LogP contribution in [-0.2, 0) is 14.8 Å². The molecule has 0 unspecified atom stereocenters. The summed E-state index contributed by atoms with van der Waals surface area (Å²) in [7, 11) is -3.82. The van der Waals surface area contributed by atoms with E-state index in [1.165, 1.54) is 29.2 Å². The fraction of sp³-hybridized carbons (Fsp3) is 0.385. The first-order valence-corrected chi connectivity index (χ1v) is 10.3. The van der Waals surface area contributed by atoms with Gasteiger partial charge in [0.05, 0.1) is 21.2 Å². The van der Waals surface area contributed by atoms with E-state index in [0.29, 0.717) is 0 Å². The fourth-order valence-corrected chi connectivity index (χ4v) is 5.16. The summed E-state index contributed by atoms with van der Waals surface area (Å²) in [5.74, 6) is -0.241. The monoisotopic (exact) mass is 378 g/mol. The van der Waals surface area contributed by atoms with E-state index in [-0.39, 0.29) is 10.8 Å². The molecule has 22 heavy (non-hydrogen) atoms. The highest BCUT2D eigenvalue weighted by atomic mass is 35.5. The number of carbonyl (C=O) groups is 1. The highest BCUT2D eigenvalue weighted by molar-refractivity contribution is 8.00. The summed E-state index contributed by atoms with van der Waals surface area (Å²) in [6.07, 6.45) is 1.91. The van der Waals surface area contributed by atoms with Crippen molar-refractivity contribution in [2.75, 3.05) is 6.26 Å². The number of nitrogens with zero attached hydrogens (tertiary/aromatic N) is 1. The number of fused-ring (bicyclic) bond motifs is 1. The maximum absolute atomic E-state index is 12.4. The van der Waals surface area contributed by atoms with E-state index < -0.39 is 21.3 Å². The lowest BCUT2D eigenvalue weighted by Gasteiger charge is -2.18. The second-order valence-electron chi connectivity index (χ2n) is 4.96. The number of halogens is 1. The van der Waals surface area contributed by atoms with Crippen LogP contribution in [0.5, 0.6) is 0 Å². The molecule has 1 N–H and O–H groups in total. The predicted octanol–water partition coefficient (Wildman–Crippen LogP) is 3.09. The van der Waals surface area contributed by atoms with Crippen molar-refractivity contribution in [2.45, 2.75) is 29.1 Å². The number of benzene rings is 1. The second-order valence-corrected chi connectivity index (χ2v) is 9.13. The van der Waals surface area contributed by atoms with E-state index in [1.807, 2.05) is 6.26 Å². The normalized spacial score (nSPS) is 13.7. The van der Waals surface area contributed by atoms with Crippen molar-refractivity contribution in [1.29, 1.82) is 0 Å². The first-order chi connectivity index (χ1) is 10.2. The highest BCUT2D eigenvalue weighted by Gasteiger charge is 2.27. The number of carbonyl (C=O) groups excluding carboxylic acids is 1. The first-order valence-electron chi connectivity index (χ1n) is 6.41. The van der Waals surface area contributed by atoms with Crippen molar-refractivity contribution in [3.8, 4) is 0 Å². The van der Waals surface area contributed by atoms with Gasteiger partial charge in [-0.15, -0.1) is 11.3 Å². The Labute approximate surface area is 142 Å². The smallest absolute Gasteiger partial charge is 0.241 e. The van der Waals surface area contributed by atoms with E-state index >= 15 is 0 Å². The molecule has 9 heteroatoms. The minimum Gasteiger partial charge on any atom is -0.279 e. The van der Waals surface area contributed by atoms with Crippen LogP contribution in [0, 0.1) is 5.92 Å². The molecule has 120 valence electrons. The third-order valence-electron chi connectivity index (χ3n) is 3.02. The molecule has 0 spiro atoms. The SMILES string of the molecule is CSc1nc2ccc(S(=O)(=O)N[C@@H](C(=O)Cl)C(C)C)cc2s1. The number of thioether (sulfide) groups is 1. The first kappa shape index (κ1) is 17.7. The van der Waals surface area contributed by atoms with Gasteiger partial charge in [-0.2, -0.15) is 4.72 Å². The molecule has 2 aromatic rings. The van der Waals surface area contributed by atoms with Crippen molar-refractivity contribution in [3.63, 3.8) is 0 Å². The Hall–Kier alpha value is -0.670. The van der Waals surface area contributed by atoms with Gasteiger partial charge in [0.15, 0.2) is 4.34 Å². The molecule has 5 nitrogen and oxygen atoms in total. The van der Waals surface area contributed by atoms with E-state index in [4.69, 9.17) is 11.6 Å². The van der Waals surface area contributed by atoms with Gasteiger partial charge in [-0.25, -0.2) is 13.4 Å². The molecule has 2 rings (SSSR count). The third-order valence-corrected chi connectivity index (χ3v) is 6.70. The minimum absolute atomic E-state index is 0.0971. The van der Waals surface area contributed by atoms with Crippen LogP contribution < -0.4 is 4.72 Å². The molecular formula is C13H15ClN2O3S3. The molecule has 0 saturated heterocycles. The lowest BCUT2D eigenvalue weighted by Crippen LogP contribution is -2.42. The van der Waals surface area contributed by atoms with E-state index in [2.05, 4.69) is 9.71 Å². The van der Waals surface area contributed by atoms with Gasteiger partial charge in [0.25, 0.3) is 0 Å². The number of rotatable bonds is 6. The summed E-state index contributed by atoms with van der Waals surface area (Å²) >= 11 is 8.41. The molecule has 0 radical (unpaired) electrons. The van der Waals surface area contributed by atoms with Gasteiger partial charge in [-0.05, 0) is 42.0 Å². The maximum Gasteiger partial charge on any atom is 0.241 e. The lowest BCUT2D eigenvalue weighted by atomic mass is 10.1. The van der Waals surface area contributed by atoms with Crippen LogP contribution in [0.4, 0.5) is 0 Å². The summed E-state index contributed by atoms with van der Waals surface area (Å²) in [6.45, 7) is 3.45. The molecule has 0 saturated carbocycles. The maximum atomic E-state index is 12.4. The summed E-state index contributed by atoms with van der Waals surface area (Å²) in [5, 5.41) is -0.720. The van der Waals surface area contributed by atoms with Gasteiger partial charge in [0, 0.05) is 0 Å². The van der Waals surface area contributed by atoms with Crippen LogP contribution >= 0.6 is 34.7 Å². The zero-order valence-electron chi connectivity index (χ0n) is 12.2. The number of thiazole rings is 1. The van der Waals surface area contributed by atoms with E-state index in [9.17, 15) is 13.2 Å². The third kappa shape index (κ3) is 3.80. The van der Waals surface area contributed by atoms with Crippen molar-refractivity contribution in [3.05, 3.63) is 18.2 Å². The second kappa shape index (κ2) is 6.84. The lowest BCUT2D eigenvalue weighted by molar-refractivity contribution is -0.113. The summed E-state index contributed by atoms with van der Waals surface area (Å²) in [6, 6.07) is 3.74. The molecule has 0 bridgehead atoms. The van der Waals surface area contributed by atoms with Crippen LogP contribution in [0.25, 0.3) is 10.2 Å². The van der Waals surface area contributed by atoms with Crippen LogP contribution in [0.15, 0.2) is 27.4 Å². The van der Waals surface area contributed by atoms with Gasteiger partial charge >= 0.3 is 0 Å². The van der Waals surface area contributed by atoms with Gasteiger partial charge in [-0.3, -0.25) is 4.79 Å². The Kier molecular flexibility index (Phi) is 5.50.